The van der Waals surface area contributed by atoms with Crippen LogP contribution in [0.15, 0.2) is 22.8 Å². The molecule has 4 rings (SSSR count). The third-order valence-electron chi connectivity index (χ3n) is 7.67. The van der Waals surface area contributed by atoms with Crippen molar-refractivity contribution < 1.29 is 14.9 Å². The molecule has 0 aliphatic heterocycles. The Morgan fingerprint density at radius 1 is 1.13 bits per heavy atom. The Morgan fingerprint density at radius 2 is 1.91 bits per heavy atom. The molecule has 128 valence electrons. The van der Waals surface area contributed by atoms with Gasteiger partial charge in [0.1, 0.15) is 0 Å². The lowest BCUT2D eigenvalue weighted by Gasteiger charge is -2.53. The molecule has 0 aromatic heterocycles. The van der Waals surface area contributed by atoms with Gasteiger partial charge in [-0.2, -0.15) is 0 Å². The molecular weight excluding hydrogens is 288 g/mol. The number of rotatable bonds is 1. The van der Waals surface area contributed by atoms with Gasteiger partial charge in [0.05, 0.1) is 18.3 Å². The summed E-state index contributed by atoms with van der Waals surface area (Å²) in [5, 5.41) is 20.6. The Kier molecular flexibility index (Phi) is 3.57. The van der Waals surface area contributed by atoms with E-state index in [2.05, 4.69) is 19.9 Å². The highest BCUT2D eigenvalue weighted by atomic mass is 16.5. The van der Waals surface area contributed by atoms with Crippen LogP contribution in [0.25, 0.3) is 0 Å². The molecule has 0 heterocycles. The van der Waals surface area contributed by atoms with Crippen molar-refractivity contribution >= 4 is 0 Å². The van der Waals surface area contributed by atoms with Crippen LogP contribution in [-0.4, -0.2) is 35.6 Å². The van der Waals surface area contributed by atoms with Gasteiger partial charge in [0.25, 0.3) is 0 Å². The summed E-state index contributed by atoms with van der Waals surface area (Å²) in [7, 11) is 1.81. The Balaban J connectivity index is 1.85. The van der Waals surface area contributed by atoms with Crippen molar-refractivity contribution in [2.75, 3.05) is 7.11 Å². The molecule has 2 N–H and O–H groups in total. The van der Waals surface area contributed by atoms with E-state index in [0.29, 0.717) is 5.92 Å². The van der Waals surface area contributed by atoms with E-state index in [1.54, 1.807) is 5.57 Å². The molecule has 23 heavy (non-hydrogen) atoms. The first-order chi connectivity index (χ1) is 10.9. The van der Waals surface area contributed by atoms with Crippen molar-refractivity contribution in [2.24, 2.45) is 16.7 Å². The summed E-state index contributed by atoms with van der Waals surface area (Å²) in [6, 6.07) is 0. The van der Waals surface area contributed by atoms with Crippen LogP contribution >= 0.6 is 0 Å². The molecule has 0 saturated heterocycles. The molecule has 3 unspecified atom stereocenters. The fourth-order valence-corrected chi connectivity index (χ4v) is 6.08. The van der Waals surface area contributed by atoms with Crippen molar-refractivity contribution in [1.29, 1.82) is 0 Å². The normalized spacial score (nSPS) is 49.3. The average molecular weight is 318 g/mol. The van der Waals surface area contributed by atoms with Crippen molar-refractivity contribution in [2.45, 2.75) is 77.1 Å². The van der Waals surface area contributed by atoms with E-state index >= 15 is 0 Å². The molecule has 1 saturated carbocycles. The second-order valence-corrected chi connectivity index (χ2v) is 8.64. The summed E-state index contributed by atoms with van der Waals surface area (Å²) in [5.41, 5.74) is 4.60. The molecule has 0 amide bonds. The molecule has 0 radical (unpaired) electrons. The Labute approximate surface area is 139 Å². The summed E-state index contributed by atoms with van der Waals surface area (Å²) >= 11 is 0. The summed E-state index contributed by atoms with van der Waals surface area (Å²) in [4.78, 5) is 0. The van der Waals surface area contributed by atoms with E-state index in [-0.39, 0.29) is 29.1 Å². The molecule has 0 aromatic rings. The summed E-state index contributed by atoms with van der Waals surface area (Å²) in [6.45, 7) is 4.66. The highest BCUT2D eigenvalue weighted by Crippen LogP contribution is 2.62. The fourth-order valence-electron chi connectivity index (χ4n) is 6.08. The van der Waals surface area contributed by atoms with Gasteiger partial charge in [0.2, 0.25) is 0 Å². The number of aliphatic hydroxyl groups is 2. The van der Waals surface area contributed by atoms with Crippen LogP contribution in [0, 0.1) is 16.7 Å². The minimum absolute atomic E-state index is 0.0291. The number of ether oxygens (including phenoxy) is 1. The fraction of sp³-hybridized carbons (Fsp3) is 0.800. The van der Waals surface area contributed by atoms with Gasteiger partial charge in [-0.05, 0) is 56.4 Å². The van der Waals surface area contributed by atoms with Crippen LogP contribution in [0.2, 0.25) is 0 Å². The number of fused-ring (bicyclic) bond motifs is 4. The monoisotopic (exact) mass is 318 g/mol. The number of aliphatic hydroxyl groups excluding tert-OH is 2. The van der Waals surface area contributed by atoms with Gasteiger partial charge in [-0.1, -0.05) is 31.1 Å². The predicted molar refractivity (Wildman–Crippen MR) is 89.9 cm³/mol. The lowest BCUT2D eigenvalue weighted by Crippen LogP contribution is -2.46. The number of hydrogen-bond donors (Lipinski definition) is 2. The summed E-state index contributed by atoms with van der Waals surface area (Å²) in [5.74, 6) is 0.469. The Bertz CT molecular complexity index is 577. The van der Waals surface area contributed by atoms with Crippen molar-refractivity contribution in [3.8, 4) is 0 Å². The van der Waals surface area contributed by atoms with Gasteiger partial charge in [0, 0.05) is 17.9 Å². The van der Waals surface area contributed by atoms with Crippen molar-refractivity contribution in [3.63, 3.8) is 0 Å². The van der Waals surface area contributed by atoms with E-state index in [9.17, 15) is 10.2 Å². The average Bonchev–Trinajstić information content (AvgIpc) is 2.83. The first-order valence-electron chi connectivity index (χ1n) is 9.23. The third-order valence-corrected chi connectivity index (χ3v) is 7.67. The topological polar surface area (TPSA) is 49.7 Å². The zero-order valence-corrected chi connectivity index (χ0v) is 14.6. The molecule has 0 aromatic carbocycles. The van der Waals surface area contributed by atoms with Crippen LogP contribution in [0.5, 0.6) is 0 Å². The van der Waals surface area contributed by atoms with Gasteiger partial charge in [-0.25, -0.2) is 0 Å². The zero-order valence-electron chi connectivity index (χ0n) is 14.6. The number of hydrogen-bond acceptors (Lipinski definition) is 3. The van der Waals surface area contributed by atoms with E-state index in [0.717, 1.165) is 44.9 Å². The molecule has 0 spiro atoms. The molecule has 6 atom stereocenters. The molecule has 4 aliphatic rings. The number of allylic oxidation sites excluding steroid dienone is 1. The van der Waals surface area contributed by atoms with Crippen LogP contribution in [0.1, 0.15) is 58.8 Å². The zero-order chi connectivity index (χ0) is 16.4. The minimum Gasteiger partial charge on any atom is -0.393 e. The van der Waals surface area contributed by atoms with Gasteiger partial charge < -0.3 is 14.9 Å². The molecular formula is C20H30O3. The van der Waals surface area contributed by atoms with Crippen LogP contribution in [-0.2, 0) is 4.74 Å². The third kappa shape index (κ3) is 2.06. The molecule has 3 nitrogen and oxygen atoms in total. The first kappa shape index (κ1) is 15.9. The molecule has 4 aliphatic carbocycles. The smallest absolute Gasteiger partial charge is 0.0824 e. The maximum absolute atomic E-state index is 10.6. The first-order valence-corrected chi connectivity index (χ1v) is 9.23. The van der Waals surface area contributed by atoms with Gasteiger partial charge in [-0.15, -0.1) is 0 Å². The maximum Gasteiger partial charge on any atom is 0.0824 e. The summed E-state index contributed by atoms with van der Waals surface area (Å²) < 4.78 is 5.92. The van der Waals surface area contributed by atoms with Crippen molar-refractivity contribution in [1.82, 2.24) is 0 Å². The second-order valence-electron chi connectivity index (χ2n) is 8.64. The Morgan fingerprint density at radius 3 is 2.65 bits per heavy atom. The largest absolute Gasteiger partial charge is 0.393 e. The van der Waals surface area contributed by atoms with Crippen molar-refractivity contribution in [3.05, 3.63) is 22.8 Å². The quantitative estimate of drug-likeness (QED) is 0.729. The van der Waals surface area contributed by atoms with E-state index < -0.39 is 0 Å². The lowest BCUT2D eigenvalue weighted by atomic mass is 9.53. The lowest BCUT2D eigenvalue weighted by molar-refractivity contribution is 0.0148. The maximum atomic E-state index is 10.6. The van der Waals surface area contributed by atoms with E-state index in [1.807, 2.05) is 7.11 Å². The highest BCUT2D eigenvalue weighted by Gasteiger charge is 2.55. The molecule has 3 heteroatoms. The van der Waals surface area contributed by atoms with Gasteiger partial charge in [-0.3, -0.25) is 0 Å². The molecule has 0 bridgehead atoms. The minimum atomic E-state index is -0.292. The SMILES string of the molecule is COC1CC2=CC(O)CC[C@]2(C)C2=C1[C@@H]1CCC(O)[C@@]1(C)CC2. The van der Waals surface area contributed by atoms with Gasteiger partial charge >= 0.3 is 0 Å². The van der Waals surface area contributed by atoms with Crippen LogP contribution in [0.4, 0.5) is 0 Å². The number of methoxy groups -OCH3 is 1. The van der Waals surface area contributed by atoms with E-state index in [1.165, 1.54) is 11.1 Å². The molecule has 1 fully saturated rings. The second kappa shape index (κ2) is 5.18. The highest BCUT2D eigenvalue weighted by molar-refractivity contribution is 5.45. The van der Waals surface area contributed by atoms with Crippen LogP contribution in [0.3, 0.4) is 0 Å². The standard InChI is InChI=1S/C20H30O3/c1-19-8-6-13(21)10-12(19)11-16(23-3)18-14-4-5-17(22)20(14,2)9-7-15(18)19/h10,13-14,16-17,21-22H,4-9,11H2,1-3H3/t13?,14-,16?,17?,19-,20-/m0/s1. The van der Waals surface area contributed by atoms with Crippen LogP contribution < -0.4 is 0 Å². The van der Waals surface area contributed by atoms with Gasteiger partial charge in [0.15, 0.2) is 0 Å². The summed E-state index contributed by atoms with van der Waals surface area (Å²) in [6.07, 6.45) is 8.74. The predicted octanol–water partition coefficient (Wildman–Crippen LogP) is 3.36. The Hall–Kier alpha value is -0.640. The van der Waals surface area contributed by atoms with E-state index in [4.69, 9.17) is 4.74 Å².